The Morgan fingerprint density at radius 3 is 2.42 bits per heavy atom. The van der Waals surface area contributed by atoms with Crippen LogP contribution in [0.2, 0.25) is 0 Å². The largest absolute Gasteiger partial charge is 0.508 e. The number of nitrogens with zero attached hydrogens (tertiary/aromatic N) is 5. The first-order valence-electron chi connectivity index (χ1n) is 8.41. The Morgan fingerprint density at radius 1 is 1.08 bits per heavy atom. The van der Waals surface area contributed by atoms with Crippen molar-refractivity contribution >= 4 is 11.5 Å². The zero-order valence-electron chi connectivity index (χ0n) is 14.8. The van der Waals surface area contributed by atoms with Crippen LogP contribution in [-0.4, -0.2) is 45.2 Å². The maximum Gasteiger partial charge on any atom is 0.204 e. The number of tetrazole rings is 1. The van der Waals surface area contributed by atoms with Gasteiger partial charge in [0.05, 0.1) is 6.54 Å². The molecule has 0 atom stereocenters. The molecule has 0 saturated heterocycles. The molecule has 0 aliphatic rings. The summed E-state index contributed by atoms with van der Waals surface area (Å²) in [7, 11) is 3.98. The van der Waals surface area contributed by atoms with E-state index in [0.29, 0.717) is 30.8 Å². The predicted octanol–water partition coefficient (Wildman–Crippen LogP) is 2.77. The van der Waals surface area contributed by atoms with Gasteiger partial charge in [0.15, 0.2) is 5.78 Å². The molecule has 1 N–H and O–H groups in total. The van der Waals surface area contributed by atoms with Gasteiger partial charge >= 0.3 is 0 Å². The summed E-state index contributed by atoms with van der Waals surface area (Å²) in [6.07, 6.45) is 1.01. The smallest absolute Gasteiger partial charge is 0.204 e. The van der Waals surface area contributed by atoms with Crippen LogP contribution in [-0.2, 0) is 6.54 Å². The fourth-order valence-corrected chi connectivity index (χ4v) is 2.53. The average molecular weight is 351 g/mol. The van der Waals surface area contributed by atoms with Crippen molar-refractivity contribution in [3.63, 3.8) is 0 Å². The molecule has 7 nitrogen and oxygen atoms in total. The van der Waals surface area contributed by atoms with Gasteiger partial charge in [-0.2, -0.15) is 4.80 Å². The summed E-state index contributed by atoms with van der Waals surface area (Å²) in [6.45, 7) is 0.520. The number of anilines is 1. The lowest BCUT2D eigenvalue weighted by Gasteiger charge is -2.11. The molecule has 0 aliphatic heterocycles. The number of hydrogen-bond acceptors (Lipinski definition) is 6. The quantitative estimate of drug-likeness (QED) is 0.659. The van der Waals surface area contributed by atoms with E-state index in [1.54, 1.807) is 12.1 Å². The van der Waals surface area contributed by atoms with E-state index >= 15 is 0 Å². The third-order valence-corrected chi connectivity index (χ3v) is 4.05. The van der Waals surface area contributed by atoms with Crippen molar-refractivity contribution in [2.24, 2.45) is 0 Å². The van der Waals surface area contributed by atoms with Gasteiger partial charge in [0.2, 0.25) is 5.82 Å². The van der Waals surface area contributed by atoms with E-state index in [1.165, 1.54) is 16.9 Å². The Labute approximate surface area is 151 Å². The molecule has 7 heteroatoms. The van der Waals surface area contributed by atoms with Crippen LogP contribution in [0, 0.1) is 0 Å². The van der Waals surface area contributed by atoms with Crippen molar-refractivity contribution in [2.75, 3.05) is 19.0 Å². The minimum absolute atomic E-state index is 0.0320. The van der Waals surface area contributed by atoms with Crippen LogP contribution in [0.15, 0.2) is 48.5 Å². The summed E-state index contributed by atoms with van der Waals surface area (Å²) in [6, 6.07) is 14.2. The molecule has 0 unspecified atom stereocenters. The van der Waals surface area contributed by atoms with Gasteiger partial charge in [0.25, 0.3) is 0 Å². The number of benzene rings is 2. The number of hydrogen-bond donors (Lipinski definition) is 1. The monoisotopic (exact) mass is 351 g/mol. The molecule has 0 fully saturated rings. The average Bonchev–Trinajstić information content (AvgIpc) is 3.11. The molecule has 1 aromatic heterocycles. The number of Topliss-reactive ketones (excluding diaryl/α,β-unsaturated/α-hetero) is 1. The van der Waals surface area contributed by atoms with Crippen LogP contribution >= 0.6 is 0 Å². The van der Waals surface area contributed by atoms with E-state index in [2.05, 4.69) is 15.4 Å². The zero-order valence-corrected chi connectivity index (χ0v) is 14.8. The van der Waals surface area contributed by atoms with E-state index < -0.39 is 0 Å². The highest BCUT2D eigenvalue weighted by Crippen LogP contribution is 2.18. The minimum atomic E-state index is 0.0320. The second-order valence-corrected chi connectivity index (χ2v) is 6.22. The topological polar surface area (TPSA) is 84.1 Å². The van der Waals surface area contributed by atoms with Gasteiger partial charge in [-0.1, -0.05) is 0 Å². The van der Waals surface area contributed by atoms with Gasteiger partial charge in [-0.15, -0.1) is 10.2 Å². The highest BCUT2D eigenvalue weighted by atomic mass is 16.3. The summed E-state index contributed by atoms with van der Waals surface area (Å²) < 4.78 is 0. The van der Waals surface area contributed by atoms with Crippen molar-refractivity contribution < 1.29 is 9.90 Å². The van der Waals surface area contributed by atoms with Crippen molar-refractivity contribution in [2.45, 2.75) is 19.4 Å². The first kappa shape index (κ1) is 17.6. The SMILES string of the molecule is CN(C)c1ccc(-c2nnn(CCCC(=O)c3ccc(O)cc3)n2)cc1. The molecule has 1 heterocycles. The van der Waals surface area contributed by atoms with E-state index in [4.69, 9.17) is 0 Å². The first-order chi connectivity index (χ1) is 12.5. The van der Waals surface area contributed by atoms with Crippen LogP contribution in [0.3, 0.4) is 0 Å². The normalized spacial score (nSPS) is 10.7. The fourth-order valence-electron chi connectivity index (χ4n) is 2.53. The molecule has 26 heavy (non-hydrogen) atoms. The Balaban J connectivity index is 1.55. The molecule has 134 valence electrons. The summed E-state index contributed by atoms with van der Waals surface area (Å²) in [5.74, 6) is 0.754. The summed E-state index contributed by atoms with van der Waals surface area (Å²) in [4.78, 5) is 15.6. The van der Waals surface area contributed by atoms with E-state index in [9.17, 15) is 9.90 Å². The second kappa shape index (κ2) is 7.77. The number of ketones is 1. The molecular weight excluding hydrogens is 330 g/mol. The van der Waals surface area contributed by atoms with Crippen molar-refractivity contribution in [1.82, 2.24) is 20.2 Å². The second-order valence-electron chi connectivity index (χ2n) is 6.22. The number of aryl methyl sites for hydroxylation is 1. The molecule has 0 radical (unpaired) electrons. The maximum atomic E-state index is 12.1. The Morgan fingerprint density at radius 2 is 1.77 bits per heavy atom. The van der Waals surface area contributed by atoms with Crippen LogP contribution < -0.4 is 4.90 Å². The van der Waals surface area contributed by atoms with Gasteiger partial charge in [0.1, 0.15) is 5.75 Å². The lowest BCUT2D eigenvalue weighted by Crippen LogP contribution is -2.08. The predicted molar refractivity (Wildman–Crippen MR) is 99.3 cm³/mol. The number of carbonyl (C=O) groups is 1. The minimum Gasteiger partial charge on any atom is -0.508 e. The number of aromatic nitrogens is 4. The number of phenols is 1. The van der Waals surface area contributed by atoms with Crippen LogP contribution in [0.4, 0.5) is 5.69 Å². The number of rotatable bonds is 7. The van der Waals surface area contributed by atoms with E-state index in [-0.39, 0.29) is 11.5 Å². The molecular formula is C19H21N5O2. The van der Waals surface area contributed by atoms with Gasteiger partial charge in [-0.05, 0) is 60.2 Å². The van der Waals surface area contributed by atoms with Crippen LogP contribution in [0.25, 0.3) is 11.4 Å². The van der Waals surface area contributed by atoms with E-state index in [0.717, 1.165) is 11.3 Å². The number of aromatic hydroxyl groups is 1. The van der Waals surface area contributed by atoms with Crippen LogP contribution in [0.5, 0.6) is 5.75 Å². The highest BCUT2D eigenvalue weighted by Gasteiger charge is 2.09. The van der Waals surface area contributed by atoms with Crippen molar-refractivity contribution in [3.05, 3.63) is 54.1 Å². The summed E-state index contributed by atoms with van der Waals surface area (Å²) in [5, 5.41) is 21.8. The number of phenolic OH excluding ortho intramolecular Hbond substituents is 1. The van der Waals surface area contributed by atoms with Gasteiger partial charge in [0, 0.05) is 37.3 Å². The van der Waals surface area contributed by atoms with Crippen molar-refractivity contribution in [1.29, 1.82) is 0 Å². The maximum absolute atomic E-state index is 12.1. The standard InChI is InChI=1S/C19H21N5O2/c1-23(2)16-9-5-15(6-10-16)19-20-22-24(21-19)13-3-4-18(26)14-7-11-17(25)12-8-14/h5-12,25H,3-4,13H2,1-2H3. The third kappa shape index (κ3) is 4.24. The van der Waals surface area contributed by atoms with Gasteiger partial charge < -0.3 is 10.0 Å². The molecule has 3 rings (SSSR count). The van der Waals surface area contributed by atoms with Gasteiger partial charge in [-0.3, -0.25) is 4.79 Å². The Hall–Kier alpha value is -3.22. The first-order valence-corrected chi connectivity index (χ1v) is 8.41. The summed E-state index contributed by atoms with van der Waals surface area (Å²) in [5.41, 5.74) is 2.60. The Kier molecular flexibility index (Phi) is 5.26. The highest BCUT2D eigenvalue weighted by molar-refractivity contribution is 5.96. The zero-order chi connectivity index (χ0) is 18.5. The van der Waals surface area contributed by atoms with Crippen LogP contribution in [0.1, 0.15) is 23.2 Å². The van der Waals surface area contributed by atoms with Gasteiger partial charge in [-0.25, -0.2) is 0 Å². The summed E-state index contributed by atoms with van der Waals surface area (Å²) >= 11 is 0. The Bertz CT molecular complexity index is 870. The lowest BCUT2D eigenvalue weighted by molar-refractivity contribution is 0.0977. The molecule has 0 aliphatic carbocycles. The molecule has 0 bridgehead atoms. The lowest BCUT2D eigenvalue weighted by atomic mass is 10.1. The van der Waals surface area contributed by atoms with Crippen molar-refractivity contribution in [3.8, 4) is 17.1 Å². The number of carbonyl (C=O) groups excluding carboxylic acids is 1. The molecule has 0 spiro atoms. The van der Waals surface area contributed by atoms with E-state index in [1.807, 2.05) is 43.3 Å². The molecule has 3 aromatic rings. The fraction of sp³-hybridized carbons (Fsp3) is 0.263. The third-order valence-electron chi connectivity index (χ3n) is 4.05. The molecule has 2 aromatic carbocycles. The molecule has 0 amide bonds. The molecule has 0 saturated carbocycles.